The van der Waals surface area contributed by atoms with Gasteiger partial charge in [-0.1, -0.05) is 36.4 Å². The van der Waals surface area contributed by atoms with Crippen molar-refractivity contribution in [1.82, 2.24) is 4.98 Å². The number of thiazole rings is 1. The zero-order valence-corrected chi connectivity index (χ0v) is 17.5. The molecule has 0 aliphatic carbocycles. The Morgan fingerprint density at radius 2 is 1.76 bits per heavy atom. The van der Waals surface area contributed by atoms with Crippen molar-refractivity contribution in [2.45, 2.75) is 20.8 Å². The zero-order chi connectivity index (χ0) is 20.4. The van der Waals surface area contributed by atoms with Crippen LogP contribution in [0.15, 0.2) is 60.7 Å². The molecular weight excluding hydrogens is 380 g/mol. The maximum atomic E-state index is 12.5. The molecule has 0 radical (unpaired) electrons. The summed E-state index contributed by atoms with van der Waals surface area (Å²) in [4.78, 5) is 17.2. The number of rotatable bonds is 5. The van der Waals surface area contributed by atoms with E-state index in [1.807, 2.05) is 75.4 Å². The SMILES string of the molecule is Cc1cccc(OCC(=O)Nc2cccc(-c3nc4ccccc4s3)c2C)c1C. The summed E-state index contributed by atoms with van der Waals surface area (Å²) in [6.07, 6.45) is 0. The van der Waals surface area contributed by atoms with Gasteiger partial charge in [-0.2, -0.15) is 0 Å². The number of hydrogen-bond donors (Lipinski definition) is 1. The summed E-state index contributed by atoms with van der Waals surface area (Å²) in [5.74, 6) is 0.551. The second-order valence-electron chi connectivity index (χ2n) is 7.00. The van der Waals surface area contributed by atoms with E-state index in [1.54, 1.807) is 11.3 Å². The van der Waals surface area contributed by atoms with Crippen LogP contribution in [-0.4, -0.2) is 17.5 Å². The standard InChI is InChI=1S/C24H22N2O2S/c1-15-8-6-12-21(16(15)2)28-14-23(27)25-19-11-7-9-18(17(19)3)24-26-20-10-4-5-13-22(20)29-24/h4-13H,14H2,1-3H3,(H,25,27). The number of benzene rings is 3. The molecule has 146 valence electrons. The van der Waals surface area contributed by atoms with Crippen molar-refractivity contribution in [3.05, 3.63) is 77.4 Å². The molecule has 4 rings (SSSR count). The predicted molar refractivity (Wildman–Crippen MR) is 120 cm³/mol. The van der Waals surface area contributed by atoms with Crippen LogP contribution >= 0.6 is 11.3 Å². The van der Waals surface area contributed by atoms with E-state index >= 15 is 0 Å². The molecule has 1 amide bonds. The fraction of sp³-hybridized carbons (Fsp3) is 0.167. The van der Waals surface area contributed by atoms with Gasteiger partial charge in [0.2, 0.25) is 0 Å². The minimum absolute atomic E-state index is 0.0326. The third kappa shape index (κ3) is 4.00. The number of anilines is 1. The van der Waals surface area contributed by atoms with E-state index < -0.39 is 0 Å². The average molecular weight is 403 g/mol. The number of amides is 1. The summed E-state index contributed by atoms with van der Waals surface area (Å²) in [6, 6.07) is 19.8. The number of ether oxygens (including phenoxy) is 1. The van der Waals surface area contributed by atoms with E-state index in [0.717, 1.165) is 48.9 Å². The molecule has 4 nitrogen and oxygen atoms in total. The Morgan fingerprint density at radius 1 is 0.966 bits per heavy atom. The predicted octanol–water partition coefficient (Wildman–Crippen LogP) is 5.91. The number of nitrogens with zero attached hydrogens (tertiary/aromatic N) is 1. The summed E-state index contributed by atoms with van der Waals surface area (Å²) in [5, 5.41) is 3.92. The molecular formula is C24H22N2O2S. The van der Waals surface area contributed by atoms with E-state index in [1.165, 1.54) is 0 Å². The van der Waals surface area contributed by atoms with Gasteiger partial charge in [0.25, 0.3) is 5.91 Å². The zero-order valence-electron chi connectivity index (χ0n) is 16.7. The van der Waals surface area contributed by atoms with Crippen molar-refractivity contribution < 1.29 is 9.53 Å². The molecule has 0 saturated carbocycles. The smallest absolute Gasteiger partial charge is 0.262 e. The van der Waals surface area contributed by atoms with Crippen LogP contribution in [0.25, 0.3) is 20.8 Å². The number of carbonyl (C=O) groups is 1. The van der Waals surface area contributed by atoms with Crippen LogP contribution < -0.4 is 10.1 Å². The summed E-state index contributed by atoms with van der Waals surface area (Å²) < 4.78 is 6.88. The van der Waals surface area contributed by atoms with Gasteiger partial charge in [0.05, 0.1) is 10.2 Å². The van der Waals surface area contributed by atoms with Gasteiger partial charge in [-0.15, -0.1) is 11.3 Å². The molecule has 0 atom stereocenters. The van der Waals surface area contributed by atoms with Gasteiger partial charge in [0, 0.05) is 11.3 Å². The van der Waals surface area contributed by atoms with E-state index in [0.29, 0.717) is 0 Å². The lowest BCUT2D eigenvalue weighted by molar-refractivity contribution is -0.118. The Hall–Kier alpha value is -3.18. The van der Waals surface area contributed by atoms with E-state index in [9.17, 15) is 4.79 Å². The number of para-hydroxylation sites is 1. The van der Waals surface area contributed by atoms with E-state index in [-0.39, 0.29) is 12.5 Å². The Kier molecular flexibility index (Phi) is 5.32. The van der Waals surface area contributed by atoms with E-state index in [2.05, 4.69) is 11.4 Å². The van der Waals surface area contributed by atoms with Gasteiger partial charge in [0.1, 0.15) is 10.8 Å². The van der Waals surface area contributed by atoms with Crippen molar-refractivity contribution in [3.8, 4) is 16.3 Å². The maximum Gasteiger partial charge on any atom is 0.262 e. The Balaban J connectivity index is 1.51. The summed E-state index contributed by atoms with van der Waals surface area (Å²) >= 11 is 1.65. The molecule has 0 aliphatic rings. The normalized spacial score (nSPS) is 10.9. The average Bonchev–Trinajstić information content (AvgIpc) is 3.14. The Bertz CT molecular complexity index is 1160. The van der Waals surface area contributed by atoms with Gasteiger partial charge in [-0.25, -0.2) is 4.98 Å². The van der Waals surface area contributed by atoms with Crippen molar-refractivity contribution in [2.24, 2.45) is 0 Å². The lowest BCUT2D eigenvalue weighted by atomic mass is 10.1. The number of fused-ring (bicyclic) bond motifs is 1. The van der Waals surface area contributed by atoms with Gasteiger partial charge in [-0.3, -0.25) is 4.79 Å². The second kappa shape index (κ2) is 8.05. The van der Waals surface area contributed by atoms with E-state index in [4.69, 9.17) is 9.72 Å². The lowest BCUT2D eigenvalue weighted by Crippen LogP contribution is -2.21. The third-order valence-corrected chi connectivity index (χ3v) is 6.12. The van der Waals surface area contributed by atoms with Crippen LogP contribution in [0.1, 0.15) is 16.7 Å². The molecule has 1 aromatic heterocycles. The van der Waals surface area contributed by atoms with Gasteiger partial charge < -0.3 is 10.1 Å². The molecule has 0 saturated heterocycles. The fourth-order valence-electron chi connectivity index (χ4n) is 3.20. The van der Waals surface area contributed by atoms with Crippen molar-refractivity contribution in [1.29, 1.82) is 0 Å². The van der Waals surface area contributed by atoms with Crippen LogP contribution in [-0.2, 0) is 4.79 Å². The first-order valence-corrected chi connectivity index (χ1v) is 10.3. The lowest BCUT2D eigenvalue weighted by Gasteiger charge is -2.13. The highest BCUT2D eigenvalue weighted by atomic mass is 32.1. The highest BCUT2D eigenvalue weighted by Gasteiger charge is 2.13. The van der Waals surface area contributed by atoms with Gasteiger partial charge >= 0.3 is 0 Å². The largest absolute Gasteiger partial charge is 0.483 e. The van der Waals surface area contributed by atoms with Crippen molar-refractivity contribution in [3.63, 3.8) is 0 Å². The molecule has 1 heterocycles. The first-order valence-electron chi connectivity index (χ1n) is 9.47. The van der Waals surface area contributed by atoms with Crippen LogP contribution in [0.4, 0.5) is 5.69 Å². The highest BCUT2D eigenvalue weighted by Crippen LogP contribution is 2.34. The van der Waals surface area contributed by atoms with Gasteiger partial charge in [0.15, 0.2) is 6.61 Å². The van der Waals surface area contributed by atoms with Gasteiger partial charge in [-0.05, 0) is 61.7 Å². The van der Waals surface area contributed by atoms with Crippen LogP contribution in [0, 0.1) is 20.8 Å². The third-order valence-electron chi connectivity index (χ3n) is 5.05. The molecule has 1 N–H and O–H groups in total. The molecule has 3 aromatic carbocycles. The summed E-state index contributed by atoms with van der Waals surface area (Å²) in [7, 11) is 0. The molecule has 0 spiro atoms. The Morgan fingerprint density at radius 3 is 2.59 bits per heavy atom. The Labute approximate surface area is 174 Å². The molecule has 0 aliphatic heterocycles. The number of aromatic nitrogens is 1. The first-order chi connectivity index (χ1) is 14.0. The summed E-state index contributed by atoms with van der Waals surface area (Å²) in [5.41, 5.74) is 5.97. The van der Waals surface area contributed by atoms with Crippen LogP contribution in [0.2, 0.25) is 0 Å². The molecule has 0 fully saturated rings. The monoisotopic (exact) mass is 402 g/mol. The summed E-state index contributed by atoms with van der Waals surface area (Å²) in [6.45, 7) is 5.99. The minimum atomic E-state index is -0.185. The number of aryl methyl sites for hydroxylation is 1. The van der Waals surface area contributed by atoms with Crippen molar-refractivity contribution >= 4 is 33.1 Å². The van der Waals surface area contributed by atoms with Crippen molar-refractivity contribution in [2.75, 3.05) is 11.9 Å². The fourth-order valence-corrected chi connectivity index (χ4v) is 4.25. The number of carbonyl (C=O) groups excluding carboxylic acids is 1. The minimum Gasteiger partial charge on any atom is -0.483 e. The topological polar surface area (TPSA) is 51.2 Å². The first kappa shape index (κ1) is 19.2. The second-order valence-corrected chi connectivity index (χ2v) is 8.03. The number of hydrogen-bond acceptors (Lipinski definition) is 4. The van der Waals surface area contributed by atoms with Crippen LogP contribution in [0.5, 0.6) is 5.75 Å². The molecule has 4 aromatic rings. The molecule has 29 heavy (non-hydrogen) atoms. The highest BCUT2D eigenvalue weighted by molar-refractivity contribution is 7.21. The maximum absolute atomic E-state index is 12.5. The van der Waals surface area contributed by atoms with Crippen LogP contribution in [0.3, 0.4) is 0 Å². The molecule has 0 bridgehead atoms. The molecule has 5 heteroatoms. The quantitative estimate of drug-likeness (QED) is 0.452. The molecule has 0 unspecified atom stereocenters. The number of nitrogens with one attached hydrogen (secondary N) is 1.